The molecule has 2 aliphatic heterocycles. The molecule has 0 aliphatic carbocycles. The second-order valence-electron chi connectivity index (χ2n) is 6.33. The summed E-state index contributed by atoms with van der Waals surface area (Å²) >= 11 is 0. The first-order valence-corrected chi connectivity index (χ1v) is 8.37. The number of ketones is 1. The Morgan fingerprint density at radius 1 is 1.19 bits per heavy atom. The first kappa shape index (κ1) is 14.7. The van der Waals surface area contributed by atoms with Crippen LogP contribution in [0.2, 0.25) is 0 Å². The standard InChI is InChI=1S/C18H26N2O/c1-2-17(18(21)15-8-4-3-5-9-15)20-13-7-12-19-11-6-10-16(19)14-20/h3-5,8-9,16-17H,2,6-7,10-14H2,1H3. The molecule has 2 fully saturated rings. The third kappa shape index (κ3) is 3.19. The van der Waals surface area contributed by atoms with Gasteiger partial charge in [-0.25, -0.2) is 0 Å². The van der Waals surface area contributed by atoms with Gasteiger partial charge in [0.1, 0.15) is 0 Å². The molecular weight excluding hydrogens is 260 g/mol. The van der Waals surface area contributed by atoms with E-state index in [1.807, 2.05) is 30.3 Å². The molecule has 0 aromatic heterocycles. The lowest BCUT2D eigenvalue weighted by Gasteiger charge is -2.31. The summed E-state index contributed by atoms with van der Waals surface area (Å²) in [4.78, 5) is 17.9. The van der Waals surface area contributed by atoms with Gasteiger partial charge in [0, 0.05) is 24.7 Å². The molecule has 2 heterocycles. The van der Waals surface area contributed by atoms with Crippen LogP contribution in [0, 0.1) is 0 Å². The maximum absolute atomic E-state index is 12.8. The van der Waals surface area contributed by atoms with E-state index in [0.717, 1.165) is 25.1 Å². The fraction of sp³-hybridized carbons (Fsp3) is 0.611. The van der Waals surface area contributed by atoms with E-state index in [1.54, 1.807) is 0 Å². The van der Waals surface area contributed by atoms with Crippen molar-refractivity contribution in [3.05, 3.63) is 35.9 Å². The van der Waals surface area contributed by atoms with Crippen molar-refractivity contribution in [2.75, 3.05) is 26.2 Å². The zero-order valence-electron chi connectivity index (χ0n) is 13.0. The van der Waals surface area contributed by atoms with E-state index < -0.39 is 0 Å². The SMILES string of the molecule is CCC(C(=O)c1ccccc1)N1CCCN2CCCC2C1. The maximum atomic E-state index is 12.8. The molecule has 3 heteroatoms. The molecule has 2 atom stereocenters. The predicted molar refractivity (Wildman–Crippen MR) is 85.6 cm³/mol. The van der Waals surface area contributed by atoms with Gasteiger partial charge in [-0.05, 0) is 38.8 Å². The summed E-state index contributed by atoms with van der Waals surface area (Å²) in [6.07, 6.45) is 4.71. The Morgan fingerprint density at radius 2 is 1.95 bits per heavy atom. The molecule has 0 N–H and O–H groups in total. The van der Waals surface area contributed by atoms with Gasteiger partial charge in [0.25, 0.3) is 0 Å². The average Bonchev–Trinajstić information content (AvgIpc) is 2.87. The van der Waals surface area contributed by atoms with Gasteiger partial charge >= 0.3 is 0 Å². The van der Waals surface area contributed by atoms with E-state index in [2.05, 4.69) is 16.7 Å². The fourth-order valence-corrected chi connectivity index (χ4v) is 3.92. The molecule has 2 saturated heterocycles. The number of carbonyl (C=O) groups is 1. The van der Waals surface area contributed by atoms with Crippen molar-refractivity contribution < 1.29 is 4.79 Å². The molecule has 1 aromatic carbocycles. The van der Waals surface area contributed by atoms with Crippen molar-refractivity contribution in [3.63, 3.8) is 0 Å². The van der Waals surface area contributed by atoms with Gasteiger partial charge in [-0.1, -0.05) is 37.3 Å². The van der Waals surface area contributed by atoms with Crippen LogP contribution in [0.4, 0.5) is 0 Å². The van der Waals surface area contributed by atoms with Crippen LogP contribution in [0.1, 0.15) is 43.0 Å². The number of benzene rings is 1. The van der Waals surface area contributed by atoms with Gasteiger partial charge in [-0.2, -0.15) is 0 Å². The Labute approximate surface area is 127 Å². The van der Waals surface area contributed by atoms with Gasteiger partial charge in [-0.15, -0.1) is 0 Å². The third-order valence-corrected chi connectivity index (χ3v) is 5.02. The summed E-state index contributed by atoms with van der Waals surface area (Å²) in [5.74, 6) is 0.296. The number of Topliss-reactive ketones (excluding diaryl/α,β-unsaturated/α-hetero) is 1. The zero-order valence-corrected chi connectivity index (χ0v) is 13.0. The number of rotatable bonds is 4. The van der Waals surface area contributed by atoms with Gasteiger partial charge in [-0.3, -0.25) is 14.6 Å². The van der Waals surface area contributed by atoms with E-state index in [0.29, 0.717) is 11.8 Å². The molecule has 0 amide bonds. The van der Waals surface area contributed by atoms with Crippen LogP contribution in [0.3, 0.4) is 0 Å². The Balaban J connectivity index is 1.74. The fourth-order valence-electron chi connectivity index (χ4n) is 3.92. The maximum Gasteiger partial charge on any atom is 0.179 e. The van der Waals surface area contributed by atoms with Crippen molar-refractivity contribution in [1.82, 2.24) is 9.80 Å². The van der Waals surface area contributed by atoms with E-state index in [-0.39, 0.29) is 6.04 Å². The molecule has 0 spiro atoms. The summed E-state index contributed by atoms with van der Waals surface area (Å²) in [5, 5.41) is 0. The van der Waals surface area contributed by atoms with Gasteiger partial charge in [0.15, 0.2) is 5.78 Å². The van der Waals surface area contributed by atoms with E-state index in [4.69, 9.17) is 0 Å². The average molecular weight is 286 g/mol. The molecule has 0 saturated carbocycles. The van der Waals surface area contributed by atoms with Crippen molar-refractivity contribution in [1.29, 1.82) is 0 Å². The lowest BCUT2D eigenvalue weighted by molar-refractivity contribution is 0.0798. The zero-order chi connectivity index (χ0) is 14.7. The summed E-state index contributed by atoms with van der Waals surface area (Å²) in [6, 6.07) is 10.5. The lowest BCUT2D eigenvalue weighted by atomic mass is 10.00. The van der Waals surface area contributed by atoms with E-state index in [1.165, 1.54) is 32.4 Å². The van der Waals surface area contributed by atoms with Crippen molar-refractivity contribution in [2.24, 2.45) is 0 Å². The van der Waals surface area contributed by atoms with Gasteiger partial charge in [0.05, 0.1) is 6.04 Å². The molecule has 1 aromatic rings. The Kier molecular flexibility index (Phi) is 4.71. The Hall–Kier alpha value is -1.19. The van der Waals surface area contributed by atoms with Gasteiger partial charge in [0.2, 0.25) is 0 Å². The van der Waals surface area contributed by atoms with Crippen LogP contribution in [0.5, 0.6) is 0 Å². The van der Waals surface area contributed by atoms with E-state index >= 15 is 0 Å². The van der Waals surface area contributed by atoms with Crippen LogP contribution in [-0.2, 0) is 0 Å². The van der Waals surface area contributed by atoms with Crippen molar-refractivity contribution >= 4 is 5.78 Å². The largest absolute Gasteiger partial charge is 0.299 e. The van der Waals surface area contributed by atoms with Crippen LogP contribution < -0.4 is 0 Å². The molecular formula is C18H26N2O. The smallest absolute Gasteiger partial charge is 0.179 e. The second kappa shape index (κ2) is 6.71. The summed E-state index contributed by atoms with van der Waals surface area (Å²) in [7, 11) is 0. The van der Waals surface area contributed by atoms with Crippen LogP contribution >= 0.6 is 0 Å². The highest BCUT2D eigenvalue weighted by molar-refractivity contribution is 6.00. The number of fused-ring (bicyclic) bond motifs is 1. The minimum Gasteiger partial charge on any atom is -0.299 e. The quantitative estimate of drug-likeness (QED) is 0.795. The highest BCUT2D eigenvalue weighted by Gasteiger charge is 2.33. The Morgan fingerprint density at radius 3 is 2.71 bits per heavy atom. The molecule has 2 unspecified atom stereocenters. The third-order valence-electron chi connectivity index (χ3n) is 5.02. The topological polar surface area (TPSA) is 23.6 Å². The predicted octanol–water partition coefficient (Wildman–Crippen LogP) is 2.82. The molecule has 2 aliphatic rings. The van der Waals surface area contributed by atoms with Crippen LogP contribution in [0.15, 0.2) is 30.3 Å². The number of carbonyl (C=O) groups excluding carboxylic acids is 1. The first-order chi connectivity index (χ1) is 10.3. The summed E-state index contributed by atoms with van der Waals surface area (Å²) in [5.41, 5.74) is 0.858. The minimum absolute atomic E-state index is 0.0490. The summed E-state index contributed by atoms with van der Waals surface area (Å²) in [6.45, 7) is 6.73. The highest BCUT2D eigenvalue weighted by Crippen LogP contribution is 2.24. The minimum atomic E-state index is 0.0490. The van der Waals surface area contributed by atoms with Gasteiger partial charge < -0.3 is 0 Å². The lowest BCUT2D eigenvalue weighted by Crippen LogP contribution is -2.45. The molecule has 114 valence electrons. The first-order valence-electron chi connectivity index (χ1n) is 8.37. The number of hydrogen-bond acceptors (Lipinski definition) is 3. The molecule has 21 heavy (non-hydrogen) atoms. The number of nitrogens with zero attached hydrogens (tertiary/aromatic N) is 2. The molecule has 0 radical (unpaired) electrons. The highest BCUT2D eigenvalue weighted by atomic mass is 16.1. The molecule has 0 bridgehead atoms. The van der Waals surface area contributed by atoms with Crippen LogP contribution in [-0.4, -0.2) is 53.8 Å². The van der Waals surface area contributed by atoms with Crippen molar-refractivity contribution in [2.45, 2.75) is 44.7 Å². The summed E-state index contributed by atoms with van der Waals surface area (Å²) < 4.78 is 0. The molecule has 3 rings (SSSR count). The number of hydrogen-bond donors (Lipinski definition) is 0. The van der Waals surface area contributed by atoms with Crippen LogP contribution in [0.25, 0.3) is 0 Å². The molecule has 3 nitrogen and oxygen atoms in total. The second-order valence-corrected chi connectivity index (χ2v) is 6.33. The van der Waals surface area contributed by atoms with E-state index in [9.17, 15) is 4.79 Å². The monoisotopic (exact) mass is 286 g/mol. The normalized spacial score (nSPS) is 25.3. The van der Waals surface area contributed by atoms with Crippen molar-refractivity contribution in [3.8, 4) is 0 Å². The Bertz CT molecular complexity index is 473.